The maximum atomic E-state index is 13.4. The average Bonchev–Trinajstić information content (AvgIpc) is 4.14. The van der Waals surface area contributed by atoms with Gasteiger partial charge in [-0.2, -0.15) is 0 Å². The summed E-state index contributed by atoms with van der Waals surface area (Å²) < 4.78 is 62.7. The van der Waals surface area contributed by atoms with E-state index in [1.807, 2.05) is 61.5 Å². The van der Waals surface area contributed by atoms with Crippen molar-refractivity contribution in [2.24, 2.45) is 0 Å². The van der Waals surface area contributed by atoms with E-state index >= 15 is 0 Å². The molecule has 1 fully saturated rings. The van der Waals surface area contributed by atoms with Gasteiger partial charge in [-0.3, -0.25) is 9.59 Å². The van der Waals surface area contributed by atoms with E-state index in [4.69, 9.17) is 39.4 Å². The molecule has 338 valence electrons. The smallest absolute Gasteiger partial charge is 0.246 e. The van der Waals surface area contributed by atoms with E-state index in [9.17, 15) is 18.0 Å². The number of amides is 2. The van der Waals surface area contributed by atoms with Crippen molar-refractivity contribution in [3.05, 3.63) is 125 Å². The van der Waals surface area contributed by atoms with Gasteiger partial charge < -0.3 is 38.0 Å². The molecule has 1 aliphatic rings. The normalized spacial score (nSPS) is 14.2. The van der Waals surface area contributed by atoms with E-state index in [2.05, 4.69) is 20.6 Å². The summed E-state index contributed by atoms with van der Waals surface area (Å²) in [4.78, 5) is 31.7. The molecule has 1 aliphatic heterocycles. The number of hydrogen-bond donors (Lipinski definition) is 1. The van der Waals surface area contributed by atoms with Gasteiger partial charge in [-0.25, -0.2) is 18.1 Å². The Hall–Kier alpha value is -6.37. The summed E-state index contributed by atoms with van der Waals surface area (Å²) in [6.07, 6.45) is 5.27. The highest BCUT2D eigenvalue weighted by molar-refractivity contribution is 7.92. The first-order valence-corrected chi connectivity index (χ1v) is 23.0. The van der Waals surface area contributed by atoms with Gasteiger partial charge in [0, 0.05) is 36.2 Å². The molecule has 18 heteroatoms. The van der Waals surface area contributed by atoms with Crippen molar-refractivity contribution < 1.29 is 45.8 Å². The van der Waals surface area contributed by atoms with Crippen LogP contribution in [0.3, 0.4) is 0 Å². The number of anilines is 1. The van der Waals surface area contributed by atoms with Crippen LogP contribution in [0.15, 0.2) is 117 Å². The second kappa shape index (κ2) is 21.1. The van der Waals surface area contributed by atoms with Crippen LogP contribution < -0.4 is 10.1 Å². The number of nitrogens with zero attached hydrogens (tertiary/aromatic N) is 5. The molecule has 1 saturated heterocycles. The second-order valence-electron chi connectivity index (χ2n) is 15.3. The van der Waals surface area contributed by atoms with Gasteiger partial charge in [0.05, 0.1) is 79.7 Å². The molecule has 4 aromatic carbocycles. The highest BCUT2D eigenvalue weighted by Gasteiger charge is 2.35. The third-order valence-corrected chi connectivity index (χ3v) is 13.1. The third kappa shape index (κ3) is 11.9. The quantitative estimate of drug-likeness (QED) is 0.0550. The number of rotatable bonds is 21. The summed E-state index contributed by atoms with van der Waals surface area (Å²) in [7, 11) is -3.66. The fourth-order valence-electron chi connectivity index (χ4n) is 7.07. The first-order valence-electron chi connectivity index (χ1n) is 21.1. The van der Waals surface area contributed by atoms with Gasteiger partial charge in [0.2, 0.25) is 17.7 Å². The van der Waals surface area contributed by atoms with Gasteiger partial charge in [-0.15, -0.1) is 5.10 Å². The van der Waals surface area contributed by atoms with Gasteiger partial charge >= 0.3 is 0 Å². The number of aromatic nitrogens is 4. The average molecular weight is 923 g/mol. The predicted molar refractivity (Wildman–Crippen MR) is 243 cm³/mol. The molecule has 0 saturated carbocycles. The van der Waals surface area contributed by atoms with E-state index in [0.717, 1.165) is 22.1 Å². The van der Waals surface area contributed by atoms with Crippen LogP contribution in [0.5, 0.6) is 5.75 Å². The van der Waals surface area contributed by atoms with Gasteiger partial charge in [0.25, 0.3) is 0 Å². The van der Waals surface area contributed by atoms with Gasteiger partial charge in [-0.05, 0) is 74.0 Å². The van der Waals surface area contributed by atoms with Crippen molar-refractivity contribution in [1.82, 2.24) is 24.9 Å². The first kappa shape index (κ1) is 45.2. The number of carbonyl (C=O) groups excluding carboxylic acids is 2. The lowest BCUT2D eigenvalue weighted by molar-refractivity contribution is -0.125. The number of hydrogen-bond acceptors (Lipinski definition) is 13. The maximum absolute atomic E-state index is 13.4. The van der Waals surface area contributed by atoms with Crippen molar-refractivity contribution in [3.8, 4) is 17.2 Å². The number of oxazole rings is 1. The number of benzene rings is 4. The molecule has 2 amide bonds. The molecule has 1 atom stereocenters. The lowest BCUT2D eigenvalue weighted by atomic mass is 10.1. The predicted octanol–water partition coefficient (Wildman–Crippen LogP) is 7.54. The summed E-state index contributed by atoms with van der Waals surface area (Å²) in [5, 5.41) is 11.6. The fourth-order valence-corrected chi connectivity index (χ4v) is 8.97. The van der Waals surface area contributed by atoms with Gasteiger partial charge in [0.15, 0.2) is 15.4 Å². The molecular formula is C47H47ClN6O10S. The Morgan fingerprint density at radius 1 is 0.892 bits per heavy atom. The van der Waals surface area contributed by atoms with Crippen LogP contribution in [0, 0.1) is 6.92 Å². The molecule has 7 aromatic rings. The largest absolute Gasteiger partial charge is 0.491 e. The zero-order valence-electron chi connectivity index (χ0n) is 35.6. The Morgan fingerprint density at radius 3 is 2.51 bits per heavy atom. The fraction of sp³-hybridized carbons (Fsp3) is 0.298. The Balaban J connectivity index is 0.658. The zero-order chi connectivity index (χ0) is 45.2. The van der Waals surface area contributed by atoms with Crippen molar-refractivity contribution in [2.75, 3.05) is 58.0 Å². The van der Waals surface area contributed by atoms with Crippen LogP contribution in [0.25, 0.3) is 39.6 Å². The molecular weight excluding hydrogens is 876 g/mol. The summed E-state index contributed by atoms with van der Waals surface area (Å²) in [6, 6.07) is 26.9. The van der Waals surface area contributed by atoms with Gasteiger partial charge in [0.1, 0.15) is 34.9 Å². The number of fused-ring (bicyclic) bond motifs is 2. The summed E-state index contributed by atoms with van der Waals surface area (Å²) in [5.41, 5.74) is 4.90. The van der Waals surface area contributed by atoms with Crippen molar-refractivity contribution in [1.29, 1.82) is 0 Å². The second-order valence-corrected chi connectivity index (χ2v) is 17.9. The van der Waals surface area contributed by atoms with Gasteiger partial charge in [-0.1, -0.05) is 52.7 Å². The number of para-hydroxylation sites is 1. The number of ether oxygens (including phenoxy) is 4. The molecule has 4 heterocycles. The minimum absolute atomic E-state index is 0.116. The highest BCUT2D eigenvalue weighted by atomic mass is 35.5. The van der Waals surface area contributed by atoms with Crippen LogP contribution in [0.4, 0.5) is 5.69 Å². The van der Waals surface area contributed by atoms with Crippen LogP contribution in [0.1, 0.15) is 29.9 Å². The Labute approximate surface area is 380 Å². The number of aryl methyl sites for hydroxylation is 1. The Morgan fingerprint density at radius 2 is 1.68 bits per heavy atom. The molecule has 1 N–H and O–H groups in total. The minimum Gasteiger partial charge on any atom is -0.491 e. The van der Waals surface area contributed by atoms with Crippen LogP contribution >= 0.6 is 11.6 Å². The lowest BCUT2D eigenvalue weighted by Crippen LogP contribution is -2.30. The molecule has 65 heavy (non-hydrogen) atoms. The van der Waals surface area contributed by atoms with E-state index in [1.165, 1.54) is 18.2 Å². The molecule has 16 nitrogen and oxygen atoms in total. The van der Waals surface area contributed by atoms with E-state index in [0.29, 0.717) is 90.8 Å². The Kier molecular flexibility index (Phi) is 14.7. The summed E-state index contributed by atoms with van der Waals surface area (Å²) in [6.45, 7) is 4.94. The van der Waals surface area contributed by atoms with E-state index in [1.54, 1.807) is 46.1 Å². The first-order chi connectivity index (χ1) is 31.6. The number of sulfone groups is 1. The third-order valence-electron chi connectivity index (χ3n) is 10.6. The molecule has 8 rings (SSSR count). The number of nitrogens with one attached hydrogen (secondary N) is 1. The lowest BCUT2D eigenvalue weighted by Gasteiger charge is -2.15. The monoisotopic (exact) mass is 922 g/mol. The van der Waals surface area contributed by atoms with Crippen LogP contribution in [-0.2, 0) is 46.8 Å². The van der Waals surface area contributed by atoms with Crippen LogP contribution in [-0.4, -0.2) is 103 Å². The maximum Gasteiger partial charge on any atom is 0.246 e. The standard InChI is InChI=1S/C47H47ClN6O10S/c1-32-6-8-33(9-7-32)47-50-42-27-40(48)41(28-44(42)64-47)49-45(55)17-20-59-21-19-54-29-35(51-52-54)31-61-23-22-60-24-25-62-36-10-13-38(14-11-36)65(57,58)39-16-18-53(30-39)46(56)15-12-37-26-34-4-2-3-5-43(34)63-37/h2-15,26-29,39H,16-25,30-31H2,1H3,(H,49,55)/b15-12+. The molecule has 1 unspecified atom stereocenters. The molecule has 3 aromatic heterocycles. The molecule has 0 spiro atoms. The minimum atomic E-state index is -3.66. The van der Waals surface area contributed by atoms with Crippen molar-refractivity contribution >= 4 is 67.1 Å². The topological polar surface area (TPSA) is 190 Å². The van der Waals surface area contributed by atoms with E-state index in [-0.39, 0.29) is 49.5 Å². The molecule has 0 aliphatic carbocycles. The number of likely N-dealkylation sites (tertiary alicyclic amines) is 1. The highest BCUT2D eigenvalue weighted by Crippen LogP contribution is 2.32. The van der Waals surface area contributed by atoms with Crippen molar-refractivity contribution in [3.63, 3.8) is 0 Å². The van der Waals surface area contributed by atoms with Crippen LogP contribution in [0.2, 0.25) is 5.02 Å². The molecule has 0 bridgehead atoms. The van der Waals surface area contributed by atoms with Crippen molar-refractivity contribution in [2.45, 2.75) is 43.1 Å². The SMILES string of the molecule is Cc1ccc(-c2nc3cc(Cl)c(NC(=O)CCOCCn4cc(COCCOCCOc5ccc(S(=O)(=O)C6CCN(C(=O)/C=C/c7cc8ccccc8o7)C6)cc5)nn4)cc3o2)cc1. The Bertz CT molecular complexity index is 2840. The zero-order valence-corrected chi connectivity index (χ0v) is 37.1. The number of carbonyl (C=O) groups is 2. The summed E-state index contributed by atoms with van der Waals surface area (Å²) >= 11 is 6.43. The van der Waals surface area contributed by atoms with E-state index < -0.39 is 15.1 Å². The molecule has 0 radical (unpaired) electrons. The number of halogens is 1. The number of furan rings is 1. The summed E-state index contributed by atoms with van der Waals surface area (Å²) in [5.74, 6) is 1.02.